The fourth-order valence-electron chi connectivity index (χ4n) is 2.92. The van der Waals surface area contributed by atoms with E-state index in [1.54, 1.807) is 30.3 Å². The van der Waals surface area contributed by atoms with Crippen molar-refractivity contribution in [3.63, 3.8) is 0 Å². The number of nitrogens with one attached hydrogen (secondary N) is 1. The van der Waals surface area contributed by atoms with Gasteiger partial charge in [-0.05, 0) is 61.7 Å². The number of nitrogens with zero attached hydrogens (tertiary/aromatic N) is 1. The number of carbonyl (C=O) groups is 1. The molecule has 3 rings (SSSR count). The summed E-state index contributed by atoms with van der Waals surface area (Å²) in [4.78, 5) is 13.7. The van der Waals surface area contributed by atoms with Crippen molar-refractivity contribution in [2.75, 3.05) is 24.7 Å². The van der Waals surface area contributed by atoms with Crippen LogP contribution < -0.4 is 10.1 Å². The smallest absolute Gasteiger partial charge is 0.243 e. The Morgan fingerprint density at radius 3 is 2.48 bits per heavy atom. The summed E-state index contributed by atoms with van der Waals surface area (Å²) in [5, 5.41) is 2.80. The van der Waals surface area contributed by atoms with Gasteiger partial charge in [0.15, 0.2) is 0 Å². The molecule has 0 fully saturated rings. The predicted molar refractivity (Wildman–Crippen MR) is 121 cm³/mol. The van der Waals surface area contributed by atoms with Gasteiger partial charge in [-0.1, -0.05) is 12.1 Å². The maximum atomic E-state index is 13.3. The van der Waals surface area contributed by atoms with E-state index in [1.165, 1.54) is 30.2 Å². The quantitative estimate of drug-likeness (QED) is 0.456. The molecule has 7 nitrogen and oxygen atoms in total. The van der Waals surface area contributed by atoms with Crippen molar-refractivity contribution in [1.29, 1.82) is 0 Å². The van der Waals surface area contributed by atoms with E-state index in [2.05, 4.69) is 5.32 Å². The SMILES string of the molecule is CCOc1ccc(S(=O)(=O)N(CC(=O)Nc2ccccc2SC)Cc2ccco2)cc1. The van der Waals surface area contributed by atoms with Crippen LogP contribution in [-0.2, 0) is 21.4 Å². The first kappa shape index (κ1) is 22.9. The maximum absolute atomic E-state index is 13.3. The van der Waals surface area contributed by atoms with Crippen LogP contribution in [0.4, 0.5) is 5.69 Å². The van der Waals surface area contributed by atoms with E-state index in [0.717, 1.165) is 9.20 Å². The minimum atomic E-state index is -3.96. The Kier molecular flexibility index (Phi) is 7.78. The van der Waals surface area contributed by atoms with Crippen LogP contribution in [0.15, 0.2) is 81.1 Å². The highest BCUT2D eigenvalue weighted by Gasteiger charge is 2.28. The molecule has 3 aromatic rings. The van der Waals surface area contributed by atoms with Crippen molar-refractivity contribution in [3.8, 4) is 5.75 Å². The van der Waals surface area contributed by atoms with E-state index >= 15 is 0 Å². The molecule has 0 bridgehead atoms. The van der Waals surface area contributed by atoms with Gasteiger partial charge in [0.25, 0.3) is 0 Å². The van der Waals surface area contributed by atoms with Gasteiger partial charge in [-0.2, -0.15) is 4.31 Å². The highest BCUT2D eigenvalue weighted by Crippen LogP contribution is 2.25. The molecule has 0 radical (unpaired) electrons. The molecule has 0 aliphatic rings. The van der Waals surface area contributed by atoms with Gasteiger partial charge < -0.3 is 14.5 Å². The van der Waals surface area contributed by atoms with E-state index in [9.17, 15) is 13.2 Å². The zero-order chi connectivity index (χ0) is 22.3. The zero-order valence-corrected chi connectivity index (χ0v) is 18.9. The van der Waals surface area contributed by atoms with Crippen LogP contribution in [0.1, 0.15) is 12.7 Å². The number of hydrogen-bond donors (Lipinski definition) is 1. The molecule has 31 heavy (non-hydrogen) atoms. The molecule has 164 valence electrons. The summed E-state index contributed by atoms with van der Waals surface area (Å²) in [6.07, 6.45) is 3.37. The molecule has 1 aromatic heterocycles. The fourth-order valence-corrected chi connectivity index (χ4v) is 4.84. The van der Waals surface area contributed by atoms with E-state index < -0.39 is 15.9 Å². The summed E-state index contributed by atoms with van der Waals surface area (Å²) < 4.78 is 38.4. The van der Waals surface area contributed by atoms with Gasteiger partial charge in [0.05, 0.1) is 36.5 Å². The lowest BCUT2D eigenvalue weighted by Gasteiger charge is -2.21. The van der Waals surface area contributed by atoms with E-state index in [4.69, 9.17) is 9.15 Å². The number of furan rings is 1. The molecule has 0 spiro atoms. The molecule has 1 amide bonds. The van der Waals surface area contributed by atoms with Crippen molar-refractivity contribution in [3.05, 3.63) is 72.7 Å². The molecule has 9 heteroatoms. The normalized spacial score (nSPS) is 11.5. The average molecular weight is 461 g/mol. The van der Waals surface area contributed by atoms with Crippen LogP contribution in [0.25, 0.3) is 0 Å². The summed E-state index contributed by atoms with van der Waals surface area (Å²) in [6.45, 7) is 1.90. The molecule has 0 aliphatic heterocycles. The number of thioether (sulfide) groups is 1. The summed E-state index contributed by atoms with van der Waals surface area (Å²) in [7, 11) is -3.96. The second kappa shape index (κ2) is 10.5. The van der Waals surface area contributed by atoms with Crippen molar-refractivity contribution < 1.29 is 22.4 Å². The fraction of sp³-hybridized carbons (Fsp3) is 0.227. The van der Waals surface area contributed by atoms with Crippen LogP contribution in [0.5, 0.6) is 5.75 Å². The number of benzene rings is 2. The lowest BCUT2D eigenvalue weighted by atomic mass is 10.3. The van der Waals surface area contributed by atoms with Gasteiger partial charge in [0.1, 0.15) is 11.5 Å². The summed E-state index contributed by atoms with van der Waals surface area (Å²) in [5.41, 5.74) is 0.636. The number of carbonyl (C=O) groups excluding carboxylic acids is 1. The molecule has 0 aliphatic carbocycles. The minimum absolute atomic E-state index is 0.0693. The Morgan fingerprint density at radius 2 is 1.84 bits per heavy atom. The Balaban J connectivity index is 1.84. The molecule has 0 unspecified atom stereocenters. The topological polar surface area (TPSA) is 88.9 Å². The number of amides is 1. The molecule has 0 atom stereocenters. The van der Waals surface area contributed by atoms with Gasteiger partial charge >= 0.3 is 0 Å². The van der Waals surface area contributed by atoms with Crippen LogP contribution in [0.2, 0.25) is 0 Å². The van der Waals surface area contributed by atoms with Crippen molar-refractivity contribution >= 4 is 33.4 Å². The van der Waals surface area contributed by atoms with Crippen LogP contribution in [0.3, 0.4) is 0 Å². The van der Waals surface area contributed by atoms with Crippen molar-refractivity contribution in [2.45, 2.75) is 23.3 Å². The first-order valence-corrected chi connectivity index (χ1v) is 12.3. The number of anilines is 1. The van der Waals surface area contributed by atoms with E-state index in [0.29, 0.717) is 23.8 Å². The maximum Gasteiger partial charge on any atom is 0.243 e. The highest BCUT2D eigenvalue weighted by atomic mass is 32.2. The number of sulfonamides is 1. The van der Waals surface area contributed by atoms with Crippen LogP contribution in [0, 0.1) is 0 Å². The second-order valence-electron chi connectivity index (χ2n) is 6.51. The number of hydrogen-bond acceptors (Lipinski definition) is 6. The third-order valence-electron chi connectivity index (χ3n) is 4.39. The standard InChI is InChI=1S/C22H24N2O5S2/c1-3-28-17-10-12-19(13-11-17)31(26,27)24(15-18-7-6-14-29-18)16-22(25)23-20-8-4-5-9-21(20)30-2/h4-14H,3,15-16H2,1-2H3,(H,23,25). The van der Waals surface area contributed by atoms with Gasteiger partial charge in [-0.3, -0.25) is 4.79 Å². The van der Waals surface area contributed by atoms with Gasteiger partial charge in [0.2, 0.25) is 15.9 Å². The summed E-state index contributed by atoms with van der Waals surface area (Å²) >= 11 is 1.49. The number of rotatable bonds is 10. The molecule has 1 N–H and O–H groups in total. The minimum Gasteiger partial charge on any atom is -0.494 e. The monoisotopic (exact) mass is 460 g/mol. The first-order chi connectivity index (χ1) is 14.9. The number of para-hydroxylation sites is 1. The van der Waals surface area contributed by atoms with Crippen molar-refractivity contribution in [1.82, 2.24) is 4.31 Å². The largest absolute Gasteiger partial charge is 0.494 e. The first-order valence-electron chi connectivity index (χ1n) is 9.62. The molecule has 2 aromatic carbocycles. The van der Waals surface area contributed by atoms with Gasteiger partial charge in [-0.25, -0.2) is 8.42 Å². The molecular formula is C22H24N2O5S2. The van der Waals surface area contributed by atoms with Crippen LogP contribution >= 0.6 is 11.8 Å². The average Bonchev–Trinajstić information content (AvgIpc) is 3.27. The third kappa shape index (κ3) is 5.90. The summed E-state index contributed by atoms with van der Waals surface area (Å²) in [6, 6.07) is 16.8. The van der Waals surface area contributed by atoms with E-state index in [-0.39, 0.29) is 18.0 Å². The van der Waals surface area contributed by atoms with Gasteiger partial charge in [0, 0.05) is 4.90 Å². The van der Waals surface area contributed by atoms with E-state index in [1.807, 2.05) is 31.4 Å². The molecule has 0 saturated heterocycles. The third-order valence-corrected chi connectivity index (χ3v) is 6.99. The lowest BCUT2D eigenvalue weighted by molar-refractivity contribution is -0.116. The Labute approximate surface area is 186 Å². The van der Waals surface area contributed by atoms with Gasteiger partial charge in [-0.15, -0.1) is 11.8 Å². The summed E-state index contributed by atoms with van der Waals surface area (Å²) in [5.74, 6) is 0.569. The second-order valence-corrected chi connectivity index (χ2v) is 9.29. The lowest BCUT2D eigenvalue weighted by Crippen LogP contribution is -2.37. The molecule has 1 heterocycles. The van der Waals surface area contributed by atoms with Crippen LogP contribution in [-0.4, -0.2) is 38.0 Å². The Hall–Kier alpha value is -2.75. The zero-order valence-electron chi connectivity index (χ0n) is 17.3. The van der Waals surface area contributed by atoms with Crippen molar-refractivity contribution in [2.24, 2.45) is 0 Å². The molecule has 0 saturated carbocycles. The Morgan fingerprint density at radius 1 is 1.10 bits per heavy atom. The number of ether oxygens (including phenoxy) is 1. The molecular weight excluding hydrogens is 436 g/mol. The highest BCUT2D eigenvalue weighted by molar-refractivity contribution is 7.98. The predicted octanol–water partition coefficient (Wildman–Crippen LogP) is 4.23. The Bertz CT molecular complexity index is 1100.